The van der Waals surface area contributed by atoms with Crippen LogP contribution in [0.2, 0.25) is 5.02 Å². The SMILES string of the molecule is Nc1cc(NC(=O)COc2ccccc2Br)ccc1Cl. The summed E-state index contributed by atoms with van der Waals surface area (Å²) >= 11 is 9.15. The van der Waals surface area contributed by atoms with Crippen molar-refractivity contribution < 1.29 is 9.53 Å². The van der Waals surface area contributed by atoms with E-state index in [1.165, 1.54) is 0 Å². The van der Waals surface area contributed by atoms with E-state index >= 15 is 0 Å². The third kappa shape index (κ3) is 3.88. The highest BCUT2D eigenvalue weighted by Gasteiger charge is 2.06. The van der Waals surface area contributed by atoms with Crippen LogP contribution < -0.4 is 15.8 Å². The van der Waals surface area contributed by atoms with E-state index in [2.05, 4.69) is 21.2 Å². The molecule has 2 rings (SSSR count). The molecule has 0 heterocycles. The van der Waals surface area contributed by atoms with Gasteiger partial charge in [0.1, 0.15) is 5.75 Å². The van der Waals surface area contributed by atoms with E-state index in [1.54, 1.807) is 24.3 Å². The first-order chi connectivity index (χ1) is 9.56. The zero-order chi connectivity index (χ0) is 14.5. The number of nitrogen functional groups attached to an aromatic ring is 1. The van der Waals surface area contributed by atoms with Crippen molar-refractivity contribution in [2.24, 2.45) is 0 Å². The first-order valence-electron chi connectivity index (χ1n) is 5.78. The number of halogens is 2. The Hall–Kier alpha value is -1.72. The summed E-state index contributed by atoms with van der Waals surface area (Å²) in [6.07, 6.45) is 0. The number of carbonyl (C=O) groups excluding carboxylic acids is 1. The van der Waals surface area contributed by atoms with Crippen molar-refractivity contribution in [3.63, 3.8) is 0 Å². The van der Waals surface area contributed by atoms with Gasteiger partial charge in [0.05, 0.1) is 15.2 Å². The van der Waals surface area contributed by atoms with Gasteiger partial charge in [-0.2, -0.15) is 0 Å². The molecule has 104 valence electrons. The van der Waals surface area contributed by atoms with Crippen molar-refractivity contribution in [1.82, 2.24) is 0 Å². The molecule has 4 nitrogen and oxygen atoms in total. The average molecular weight is 356 g/mol. The second-order valence-electron chi connectivity index (χ2n) is 4.00. The van der Waals surface area contributed by atoms with Crippen LogP contribution in [-0.2, 0) is 4.79 Å². The number of nitrogens with two attached hydrogens (primary N) is 1. The molecule has 2 aromatic rings. The van der Waals surface area contributed by atoms with Crippen LogP contribution in [0, 0.1) is 0 Å². The topological polar surface area (TPSA) is 64.3 Å². The summed E-state index contributed by atoms with van der Waals surface area (Å²) in [6, 6.07) is 12.2. The highest BCUT2D eigenvalue weighted by Crippen LogP contribution is 2.24. The number of para-hydroxylation sites is 1. The van der Waals surface area contributed by atoms with Crippen molar-refractivity contribution in [2.75, 3.05) is 17.7 Å². The van der Waals surface area contributed by atoms with E-state index in [-0.39, 0.29) is 12.5 Å². The summed E-state index contributed by atoms with van der Waals surface area (Å²) in [5.74, 6) is 0.334. The van der Waals surface area contributed by atoms with E-state index in [9.17, 15) is 4.79 Å². The smallest absolute Gasteiger partial charge is 0.262 e. The maximum Gasteiger partial charge on any atom is 0.262 e. The molecule has 0 spiro atoms. The minimum absolute atomic E-state index is 0.0921. The quantitative estimate of drug-likeness (QED) is 0.822. The first kappa shape index (κ1) is 14.7. The maximum atomic E-state index is 11.8. The lowest BCUT2D eigenvalue weighted by atomic mass is 10.3. The molecule has 3 N–H and O–H groups in total. The fourth-order valence-corrected chi connectivity index (χ4v) is 2.04. The van der Waals surface area contributed by atoms with E-state index in [1.807, 2.05) is 18.2 Å². The number of hydrogen-bond acceptors (Lipinski definition) is 3. The molecule has 0 aromatic heterocycles. The Morgan fingerprint density at radius 2 is 2.05 bits per heavy atom. The van der Waals surface area contributed by atoms with Gasteiger partial charge in [0.25, 0.3) is 5.91 Å². The van der Waals surface area contributed by atoms with Crippen LogP contribution in [0.3, 0.4) is 0 Å². The second-order valence-corrected chi connectivity index (χ2v) is 5.27. The Morgan fingerprint density at radius 3 is 2.75 bits per heavy atom. The Balaban J connectivity index is 1.93. The van der Waals surface area contributed by atoms with Crippen LogP contribution in [-0.4, -0.2) is 12.5 Å². The van der Waals surface area contributed by atoms with Crippen molar-refractivity contribution in [3.8, 4) is 5.75 Å². The first-order valence-corrected chi connectivity index (χ1v) is 6.95. The molecule has 2 aromatic carbocycles. The van der Waals surface area contributed by atoms with Crippen LogP contribution >= 0.6 is 27.5 Å². The predicted octanol–water partition coefficient (Wildman–Crippen LogP) is 3.70. The number of hydrogen-bond donors (Lipinski definition) is 2. The molecule has 0 unspecified atom stereocenters. The summed E-state index contributed by atoms with van der Waals surface area (Å²) in [6.45, 7) is -0.0921. The van der Waals surface area contributed by atoms with Gasteiger partial charge in [-0.25, -0.2) is 0 Å². The molecule has 1 amide bonds. The van der Waals surface area contributed by atoms with Gasteiger partial charge in [0.2, 0.25) is 0 Å². The van der Waals surface area contributed by atoms with Crippen LogP contribution in [0.4, 0.5) is 11.4 Å². The maximum absolute atomic E-state index is 11.8. The van der Waals surface area contributed by atoms with Crippen molar-refractivity contribution >= 4 is 44.8 Å². The van der Waals surface area contributed by atoms with Crippen LogP contribution in [0.5, 0.6) is 5.75 Å². The normalized spacial score (nSPS) is 10.1. The lowest BCUT2D eigenvalue weighted by Crippen LogP contribution is -2.20. The molecule has 0 saturated heterocycles. The van der Waals surface area contributed by atoms with Gasteiger partial charge < -0.3 is 15.8 Å². The van der Waals surface area contributed by atoms with E-state index < -0.39 is 0 Å². The number of nitrogens with one attached hydrogen (secondary N) is 1. The molecular weight excluding hydrogens is 344 g/mol. The third-order valence-electron chi connectivity index (χ3n) is 2.48. The number of anilines is 2. The fraction of sp³-hybridized carbons (Fsp3) is 0.0714. The lowest BCUT2D eigenvalue weighted by molar-refractivity contribution is -0.118. The molecule has 0 aliphatic heterocycles. The Bertz CT molecular complexity index is 634. The zero-order valence-corrected chi connectivity index (χ0v) is 12.7. The number of rotatable bonds is 4. The summed E-state index contributed by atoms with van der Waals surface area (Å²) in [4.78, 5) is 11.8. The molecule has 6 heteroatoms. The number of ether oxygens (including phenoxy) is 1. The van der Waals surface area contributed by atoms with Gasteiger partial charge in [-0.05, 0) is 46.3 Å². The number of benzene rings is 2. The van der Waals surface area contributed by atoms with Crippen LogP contribution in [0.15, 0.2) is 46.9 Å². The molecule has 0 fully saturated rings. The summed E-state index contributed by atoms with van der Waals surface area (Å²) < 4.78 is 6.20. The van der Waals surface area contributed by atoms with Gasteiger partial charge in [-0.15, -0.1) is 0 Å². The fourth-order valence-electron chi connectivity index (χ4n) is 1.52. The molecule has 20 heavy (non-hydrogen) atoms. The highest BCUT2D eigenvalue weighted by atomic mass is 79.9. The average Bonchev–Trinajstić information content (AvgIpc) is 2.42. The van der Waals surface area contributed by atoms with Gasteiger partial charge in [-0.1, -0.05) is 23.7 Å². The second kappa shape index (κ2) is 6.63. The lowest BCUT2D eigenvalue weighted by Gasteiger charge is -2.09. The minimum Gasteiger partial charge on any atom is -0.483 e. The van der Waals surface area contributed by atoms with E-state index in [0.29, 0.717) is 22.1 Å². The van der Waals surface area contributed by atoms with Gasteiger partial charge in [-0.3, -0.25) is 4.79 Å². The highest BCUT2D eigenvalue weighted by molar-refractivity contribution is 9.10. The number of amides is 1. The van der Waals surface area contributed by atoms with Gasteiger partial charge in [0.15, 0.2) is 6.61 Å². The summed E-state index contributed by atoms with van der Waals surface area (Å²) in [5.41, 5.74) is 6.65. The molecule has 0 aliphatic carbocycles. The van der Waals surface area contributed by atoms with Crippen molar-refractivity contribution in [2.45, 2.75) is 0 Å². The Morgan fingerprint density at radius 1 is 1.30 bits per heavy atom. The minimum atomic E-state index is -0.275. The monoisotopic (exact) mass is 354 g/mol. The summed E-state index contributed by atoms with van der Waals surface area (Å²) in [7, 11) is 0. The van der Waals surface area contributed by atoms with E-state index in [4.69, 9.17) is 22.1 Å². The zero-order valence-electron chi connectivity index (χ0n) is 10.4. The van der Waals surface area contributed by atoms with Crippen molar-refractivity contribution in [1.29, 1.82) is 0 Å². The van der Waals surface area contributed by atoms with Crippen molar-refractivity contribution in [3.05, 3.63) is 52.0 Å². The molecule has 0 radical (unpaired) electrons. The molecule has 0 bridgehead atoms. The van der Waals surface area contributed by atoms with Crippen LogP contribution in [0.1, 0.15) is 0 Å². The van der Waals surface area contributed by atoms with Gasteiger partial charge >= 0.3 is 0 Å². The van der Waals surface area contributed by atoms with Crippen LogP contribution in [0.25, 0.3) is 0 Å². The third-order valence-corrected chi connectivity index (χ3v) is 3.47. The number of carbonyl (C=O) groups is 1. The molecule has 0 saturated carbocycles. The largest absolute Gasteiger partial charge is 0.483 e. The Labute approximate surface area is 130 Å². The molecular formula is C14H12BrClN2O2. The summed E-state index contributed by atoms with van der Waals surface area (Å²) in [5, 5.41) is 3.13. The predicted molar refractivity (Wildman–Crippen MR) is 84.1 cm³/mol. The van der Waals surface area contributed by atoms with E-state index in [0.717, 1.165) is 4.47 Å². The molecule has 0 atom stereocenters. The van der Waals surface area contributed by atoms with Gasteiger partial charge in [0, 0.05) is 5.69 Å². The Kier molecular flexibility index (Phi) is 4.87. The molecule has 0 aliphatic rings. The standard InChI is InChI=1S/C14H12BrClN2O2/c15-10-3-1-2-4-13(10)20-8-14(19)18-9-5-6-11(16)12(17)7-9/h1-7H,8,17H2,(H,18,19).